The van der Waals surface area contributed by atoms with E-state index < -0.39 is 50.9 Å². The summed E-state index contributed by atoms with van der Waals surface area (Å²) in [6.07, 6.45) is 0.0121. The zero-order valence-corrected chi connectivity index (χ0v) is 19.7. The van der Waals surface area contributed by atoms with Crippen LogP contribution in [0.15, 0.2) is 59.4 Å². The summed E-state index contributed by atoms with van der Waals surface area (Å²) in [6.45, 7) is 4.41. The molecule has 3 atom stereocenters. The van der Waals surface area contributed by atoms with Crippen molar-refractivity contribution in [2.75, 3.05) is 0 Å². The number of aliphatic hydroxyl groups excluding tert-OH is 2. The summed E-state index contributed by atoms with van der Waals surface area (Å²) < 4.78 is 0. The predicted molar refractivity (Wildman–Crippen MR) is 128 cm³/mol. The van der Waals surface area contributed by atoms with Gasteiger partial charge in [-0.05, 0) is 42.5 Å². The van der Waals surface area contributed by atoms with Crippen LogP contribution in [-0.4, -0.2) is 43.4 Å². The summed E-state index contributed by atoms with van der Waals surface area (Å²) >= 11 is 0. The van der Waals surface area contributed by atoms with Crippen molar-refractivity contribution in [3.63, 3.8) is 0 Å². The number of aromatic hydroxyl groups is 1. The summed E-state index contributed by atoms with van der Waals surface area (Å²) in [5, 5.41) is 44.7. The first-order valence-electron chi connectivity index (χ1n) is 11.4. The van der Waals surface area contributed by atoms with Crippen molar-refractivity contribution in [2.45, 2.75) is 45.6 Å². The zero-order valence-electron chi connectivity index (χ0n) is 19.7. The molecule has 0 radical (unpaired) electrons. The van der Waals surface area contributed by atoms with Gasteiger partial charge < -0.3 is 20.4 Å². The second kappa shape index (κ2) is 7.15. The van der Waals surface area contributed by atoms with Crippen LogP contribution in [0.4, 0.5) is 0 Å². The number of Topliss-reactive ketones (excluding diaryl/α,β-unsaturated/α-hetero) is 3. The predicted octanol–water partition coefficient (Wildman–Crippen LogP) is 3.97. The zero-order chi connectivity index (χ0) is 25.5. The molecule has 7 heteroatoms. The van der Waals surface area contributed by atoms with Gasteiger partial charge in [0.2, 0.25) is 5.78 Å². The van der Waals surface area contributed by atoms with Gasteiger partial charge in [0, 0.05) is 22.8 Å². The van der Waals surface area contributed by atoms with Crippen molar-refractivity contribution in [1.82, 2.24) is 0 Å². The minimum atomic E-state index is -2.56. The lowest BCUT2D eigenvalue weighted by Crippen LogP contribution is -2.65. The number of carbonyl (C=O) groups excluding carboxylic acids is 3. The molecule has 1 fully saturated rings. The molecule has 4 N–H and O–H groups in total. The molecule has 2 aromatic carbocycles. The number of hydrogen-bond donors (Lipinski definition) is 4. The quantitative estimate of drug-likeness (QED) is 0.484. The van der Waals surface area contributed by atoms with E-state index in [2.05, 4.69) is 0 Å². The third kappa shape index (κ3) is 2.85. The fourth-order valence-electron chi connectivity index (χ4n) is 6.54. The van der Waals surface area contributed by atoms with Crippen LogP contribution in [0.5, 0.6) is 5.75 Å². The van der Waals surface area contributed by atoms with Gasteiger partial charge >= 0.3 is 0 Å². The van der Waals surface area contributed by atoms with E-state index in [1.165, 1.54) is 6.07 Å². The Morgan fingerprint density at radius 1 is 0.943 bits per heavy atom. The molecule has 0 unspecified atom stereocenters. The monoisotopic (exact) mass is 474 g/mol. The Balaban J connectivity index is 1.80. The van der Waals surface area contributed by atoms with Crippen LogP contribution in [0.3, 0.4) is 0 Å². The van der Waals surface area contributed by atoms with Gasteiger partial charge in [-0.1, -0.05) is 50.2 Å². The fraction of sp³-hybridized carbons (Fsp3) is 0.321. The van der Waals surface area contributed by atoms with Gasteiger partial charge in [-0.2, -0.15) is 0 Å². The van der Waals surface area contributed by atoms with Gasteiger partial charge in [-0.3, -0.25) is 14.4 Å². The molecule has 3 aliphatic rings. The second-order valence-electron chi connectivity index (χ2n) is 10.5. The van der Waals surface area contributed by atoms with Gasteiger partial charge in [0.05, 0.1) is 5.56 Å². The molecule has 5 rings (SSSR count). The van der Waals surface area contributed by atoms with Crippen LogP contribution in [-0.2, 0) is 20.8 Å². The molecule has 0 heterocycles. The molecule has 0 saturated heterocycles. The summed E-state index contributed by atoms with van der Waals surface area (Å²) in [6, 6.07) is 12.6. The average molecular weight is 475 g/mol. The van der Waals surface area contributed by atoms with Crippen molar-refractivity contribution in [3.05, 3.63) is 70.5 Å². The molecular weight excluding hydrogens is 448 g/mol. The molecule has 35 heavy (non-hydrogen) atoms. The molecule has 0 amide bonds. The number of allylic oxidation sites excluding steroid dienone is 1. The van der Waals surface area contributed by atoms with E-state index in [0.717, 1.165) is 18.1 Å². The van der Waals surface area contributed by atoms with Crippen LogP contribution in [0.1, 0.15) is 44.7 Å². The van der Waals surface area contributed by atoms with E-state index in [-0.39, 0.29) is 36.1 Å². The molecule has 180 valence electrons. The molecule has 1 saturated carbocycles. The van der Waals surface area contributed by atoms with E-state index in [1.54, 1.807) is 19.9 Å². The highest BCUT2D eigenvalue weighted by Gasteiger charge is 2.68. The highest BCUT2D eigenvalue weighted by Crippen LogP contribution is 2.62. The maximum Gasteiger partial charge on any atom is 0.203 e. The second-order valence-corrected chi connectivity index (χ2v) is 10.5. The number of hydrogen-bond acceptors (Lipinski definition) is 7. The Hall–Kier alpha value is -3.71. The first kappa shape index (κ1) is 23.1. The van der Waals surface area contributed by atoms with Crippen molar-refractivity contribution in [2.24, 2.45) is 10.8 Å². The van der Waals surface area contributed by atoms with Crippen molar-refractivity contribution in [1.29, 1.82) is 0 Å². The SMILES string of the molecule is CC(=O)C1=C(O)[C@]2(O)C(=O)C3=C(O)c4c(O)ccc(-c5ccccc5)c4C[C@]3(C)C[C@]2(C)CC1=O. The highest BCUT2D eigenvalue weighted by molar-refractivity contribution is 6.23. The third-order valence-electron chi connectivity index (χ3n) is 7.99. The van der Waals surface area contributed by atoms with Crippen molar-refractivity contribution < 1.29 is 34.8 Å². The molecule has 3 aliphatic carbocycles. The maximum absolute atomic E-state index is 13.9. The lowest BCUT2D eigenvalue weighted by molar-refractivity contribution is -0.164. The Bertz CT molecular complexity index is 1400. The number of benzene rings is 2. The van der Waals surface area contributed by atoms with Crippen molar-refractivity contribution in [3.8, 4) is 16.9 Å². The molecule has 7 nitrogen and oxygen atoms in total. The number of carbonyl (C=O) groups is 3. The molecule has 2 aromatic rings. The van der Waals surface area contributed by atoms with E-state index in [4.69, 9.17) is 0 Å². The van der Waals surface area contributed by atoms with Crippen molar-refractivity contribution >= 4 is 23.1 Å². The molecule has 0 spiro atoms. The number of aliphatic hydroxyl groups is 3. The van der Waals surface area contributed by atoms with E-state index in [9.17, 15) is 34.8 Å². The van der Waals surface area contributed by atoms with Gasteiger partial charge in [-0.25, -0.2) is 0 Å². The lowest BCUT2D eigenvalue weighted by atomic mass is 9.47. The van der Waals surface area contributed by atoms with E-state index >= 15 is 0 Å². The maximum atomic E-state index is 13.9. The van der Waals surface area contributed by atoms with Gasteiger partial charge in [0.15, 0.2) is 17.2 Å². The van der Waals surface area contributed by atoms with Crippen LogP contribution >= 0.6 is 0 Å². The molecule has 0 aliphatic heterocycles. The summed E-state index contributed by atoms with van der Waals surface area (Å²) in [5.74, 6) is -4.01. The minimum absolute atomic E-state index is 0.0753. The van der Waals surface area contributed by atoms with Crippen LogP contribution < -0.4 is 0 Å². The average Bonchev–Trinajstić information content (AvgIpc) is 2.76. The van der Waals surface area contributed by atoms with Crippen LogP contribution in [0.25, 0.3) is 16.9 Å². The third-order valence-corrected chi connectivity index (χ3v) is 7.99. The lowest BCUT2D eigenvalue weighted by Gasteiger charge is -2.56. The number of rotatable bonds is 2. The topological polar surface area (TPSA) is 132 Å². The smallest absolute Gasteiger partial charge is 0.203 e. The Labute approximate surface area is 202 Å². The Morgan fingerprint density at radius 2 is 1.60 bits per heavy atom. The summed E-state index contributed by atoms with van der Waals surface area (Å²) in [4.78, 5) is 38.8. The molecule has 0 bridgehead atoms. The number of ketones is 3. The fourth-order valence-corrected chi connectivity index (χ4v) is 6.54. The summed E-state index contributed by atoms with van der Waals surface area (Å²) in [7, 11) is 0. The van der Waals surface area contributed by atoms with Gasteiger partial charge in [0.25, 0.3) is 0 Å². The highest BCUT2D eigenvalue weighted by atomic mass is 16.3. The van der Waals surface area contributed by atoms with Gasteiger partial charge in [-0.15, -0.1) is 0 Å². The number of phenols is 1. The van der Waals surface area contributed by atoms with E-state index in [1.807, 2.05) is 30.3 Å². The van der Waals surface area contributed by atoms with E-state index in [0.29, 0.717) is 5.56 Å². The number of fused-ring (bicyclic) bond motifs is 3. The number of phenolic OH excluding ortho intramolecular Hbond substituents is 1. The first-order chi connectivity index (χ1) is 16.4. The molecule has 0 aromatic heterocycles. The van der Waals surface area contributed by atoms with Gasteiger partial charge in [0.1, 0.15) is 22.8 Å². The summed E-state index contributed by atoms with van der Waals surface area (Å²) in [5.41, 5.74) is -3.31. The van der Waals surface area contributed by atoms with Crippen LogP contribution in [0, 0.1) is 10.8 Å². The Morgan fingerprint density at radius 3 is 2.23 bits per heavy atom. The minimum Gasteiger partial charge on any atom is -0.508 e. The standard InChI is InChI=1S/C28H26O7/c1-14(29)20-19(31)12-27(3)13-26(2)11-17-16(15-7-5-4-6-8-15)9-10-18(30)21(17)23(32)22(26)25(34)28(27,35)24(20)33/h4-10,30,32-33,35H,11-13H2,1-3H3/t26-,27+,28+/m1/s1. The normalized spacial score (nSPS) is 30.1. The molecular formula is C28H26O7. The largest absolute Gasteiger partial charge is 0.508 e. The first-order valence-corrected chi connectivity index (χ1v) is 11.4. The Kier molecular flexibility index (Phi) is 4.71. The van der Waals surface area contributed by atoms with Crippen LogP contribution in [0.2, 0.25) is 0 Å².